The van der Waals surface area contributed by atoms with E-state index in [1.807, 2.05) is 6.92 Å². The summed E-state index contributed by atoms with van der Waals surface area (Å²) in [6.45, 7) is 1.83. The third kappa shape index (κ3) is 2.59. The van der Waals surface area contributed by atoms with Crippen LogP contribution in [0.15, 0.2) is 18.2 Å². The molecule has 0 heterocycles. The topological polar surface area (TPSA) is 66.4 Å². The molecule has 0 bridgehead atoms. The van der Waals surface area contributed by atoms with Crippen LogP contribution in [0.4, 0.5) is 10.1 Å². The normalized spacial score (nSPS) is 17.2. The lowest BCUT2D eigenvalue weighted by atomic mass is 9.87. The van der Waals surface area contributed by atoms with Gasteiger partial charge in [-0.2, -0.15) is 0 Å². The number of halogens is 1. The summed E-state index contributed by atoms with van der Waals surface area (Å²) in [6.07, 6.45) is 3.42. The van der Waals surface area contributed by atoms with Crippen molar-refractivity contribution in [1.82, 2.24) is 0 Å². The molecule has 1 aromatic rings. The van der Waals surface area contributed by atoms with Crippen molar-refractivity contribution < 1.29 is 19.1 Å². The molecule has 0 saturated heterocycles. The number of carboxylic acids is 1. The molecule has 0 radical (unpaired) electrons. The lowest BCUT2D eigenvalue weighted by Crippen LogP contribution is -2.31. The number of rotatable bonds is 3. The molecule has 2 rings (SSSR count). The quantitative estimate of drug-likeness (QED) is 0.882. The van der Waals surface area contributed by atoms with E-state index in [-0.39, 0.29) is 17.2 Å². The first-order valence-electron chi connectivity index (χ1n) is 6.27. The highest BCUT2D eigenvalue weighted by molar-refractivity contribution is 6.02. The van der Waals surface area contributed by atoms with Crippen molar-refractivity contribution in [3.63, 3.8) is 0 Å². The van der Waals surface area contributed by atoms with Crippen molar-refractivity contribution in [3.8, 4) is 0 Å². The predicted molar refractivity (Wildman–Crippen MR) is 68.6 cm³/mol. The fraction of sp³-hybridized carbons (Fsp3) is 0.429. The fourth-order valence-corrected chi connectivity index (χ4v) is 2.48. The minimum atomic E-state index is -1.26. The monoisotopic (exact) mass is 265 g/mol. The second-order valence-electron chi connectivity index (χ2n) is 5.19. The first kappa shape index (κ1) is 13.5. The van der Waals surface area contributed by atoms with Crippen LogP contribution in [0.3, 0.4) is 0 Å². The highest BCUT2D eigenvalue weighted by Crippen LogP contribution is 2.38. The zero-order valence-corrected chi connectivity index (χ0v) is 10.7. The molecular formula is C14H16FNO3. The maximum absolute atomic E-state index is 13.7. The van der Waals surface area contributed by atoms with Crippen LogP contribution in [-0.2, 0) is 4.79 Å². The number of nitrogens with one attached hydrogen (secondary N) is 1. The van der Waals surface area contributed by atoms with Gasteiger partial charge >= 0.3 is 5.97 Å². The van der Waals surface area contributed by atoms with Gasteiger partial charge in [0.1, 0.15) is 5.82 Å². The van der Waals surface area contributed by atoms with E-state index in [0.717, 1.165) is 31.7 Å². The van der Waals surface area contributed by atoms with Gasteiger partial charge in [0.25, 0.3) is 0 Å². The molecule has 0 aromatic heterocycles. The van der Waals surface area contributed by atoms with Crippen molar-refractivity contribution in [2.75, 3.05) is 5.32 Å². The Bertz CT molecular complexity index is 521. The van der Waals surface area contributed by atoms with Gasteiger partial charge in [0.15, 0.2) is 0 Å². The van der Waals surface area contributed by atoms with Crippen LogP contribution < -0.4 is 5.32 Å². The van der Waals surface area contributed by atoms with E-state index in [1.54, 1.807) is 0 Å². The van der Waals surface area contributed by atoms with Crippen LogP contribution in [-0.4, -0.2) is 17.0 Å². The summed E-state index contributed by atoms with van der Waals surface area (Å²) >= 11 is 0. The first-order valence-corrected chi connectivity index (χ1v) is 6.27. The zero-order valence-electron chi connectivity index (χ0n) is 10.7. The second-order valence-corrected chi connectivity index (χ2v) is 5.19. The number of hydrogen-bond acceptors (Lipinski definition) is 2. The van der Waals surface area contributed by atoms with Gasteiger partial charge in [-0.1, -0.05) is 25.8 Å². The molecule has 0 spiro atoms. The average molecular weight is 265 g/mol. The third-order valence-corrected chi connectivity index (χ3v) is 3.74. The van der Waals surface area contributed by atoms with E-state index in [4.69, 9.17) is 5.11 Å². The second kappa shape index (κ2) is 4.99. The first-order chi connectivity index (χ1) is 8.94. The van der Waals surface area contributed by atoms with Gasteiger partial charge < -0.3 is 10.4 Å². The maximum Gasteiger partial charge on any atom is 0.337 e. The van der Waals surface area contributed by atoms with Gasteiger partial charge in [0.05, 0.1) is 11.3 Å². The van der Waals surface area contributed by atoms with Crippen LogP contribution in [0.1, 0.15) is 43.0 Å². The summed E-state index contributed by atoms with van der Waals surface area (Å²) in [4.78, 5) is 23.2. The van der Waals surface area contributed by atoms with E-state index >= 15 is 0 Å². The largest absolute Gasteiger partial charge is 0.478 e. The van der Waals surface area contributed by atoms with Crippen molar-refractivity contribution in [1.29, 1.82) is 0 Å². The molecule has 1 aliphatic carbocycles. The third-order valence-electron chi connectivity index (χ3n) is 3.74. The molecule has 0 unspecified atom stereocenters. The van der Waals surface area contributed by atoms with Crippen LogP contribution in [0.25, 0.3) is 0 Å². The summed E-state index contributed by atoms with van der Waals surface area (Å²) in [5.74, 6) is -2.29. The molecule has 2 N–H and O–H groups in total. The van der Waals surface area contributed by atoms with E-state index in [2.05, 4.69) is 5.32 Å². The van der Waals surface area contributed by atoms with E-state index in [9.17, 15) is 14.0 Å². The minimum Gasteiger partial charge on any atom is -0.478 e. The van der Waals surface area contributed by atoms with E-state index < -0.39 is 17.2 Å². The number of carbonyl (C=O) groups is 2. The van der Waals surface area contributed by atoms with Gasteiger partial charge in [0, 0.05) is 5.41 Å². The Morgan fingerprint density at radius 3 is 2.53 bits per heavy atom. The summed E-state index contributed by atoms with van der Waals surface area (Å²) in [7, 11) is 0. The highest BCUT2D eigenvalue weighted by atomic mass is 19.1. The number of para-hydroxylation sites is 1. The van der Waals surface area contributed by atoms with Crippen LogP contribution in [0.2, 0.25) is 0 Å². The Morgan fingerprint density at radius 2 is 1.95 bits per heavy atom. The van der Waals surface area contributed by atoms with Crippen LogP contribution in [0.5, 0.6) is 0 Å². The molecule has 19 heavy (non-hydrogen) atoms. The van der Waals surface area contributed by atoms with Gasteiger partial charge in [-0.3, -0.25) is 4.79 Å². The Kier molecular flexibility index (Phi) is 3.55. The SMILES string of the molecule is CC1(C(=O)Nc2c(F)cccc2C(=O)O)CCCC1. The summed E-state index contributed by atoms with van der Waals surface area (Å²) in [6, 6.07) is 3.72. The molecule has 5 heteroatoms. The summed E-state index contributed by atoms with van der Waals surface area (Å²) < 4.78 is 13.7. The lowest BCUT2D eigenvalue weighted by Gasteiger charge is -2.23. The van der Waals surface area contributed by atoms with Gasteiger partial charge in [-0.25, -0.2) is 9.18 Å². The molecular weight excluding hydrogens is 249 g/mol. The zero-order chi connectivity index (χ0) is 14.0. The average Bonchev–Trinajstić information content (AvgIpc) is 2.79. The molecule has 0 atom stereocenters. The molecule has 102 valence electrons. The van der Waals surface area contributed by atoms with Gasteiger partial charge in [-0.05, 0) is 25.0 Å². The molecule has 1 aromatic carbocycles. The summed E-state index contributed by atoms with van der Waals surface area (Å²) in [5, 5.41) is 11.5. The highest BCUT2D eigenvalue weighted by Gasteiger charge is 2.37. The Hall–Kier alpha value is -1.91. The smallest absolute Gasteiger partial charge is 0.337 e. The molecule has 0 aliphatic heterocycles. The van der Waals surface area contributed by atoms with Gasteiger partial charge in [0.2, 0.25) is 5.91 Å². The van der Waals surface area contributed by atoms with Crippen molar-refractivity contribution in [2.24, 2.45) is 5.41 Å². The fourth-order valence-electron chi connectivity index (χ4n) is 2.48. The van der Waals surface area contributed by atoms with Crippen molar-refractivity contribution >= 4 is 17.6 Å². The maximum atomic E-state index is 13.7. The summed E-state index contributed by atoms with van der Waals surface area (Å²) in [5.41, 5.74) is -0.999. The standard InChI is InChI=1S/C14H16FNO3/c1-14(7-2-3-8-14)13(19)16-11-9(12(17)18)5-4-6-10(11)15/h4-6H,2-3,7-8H2,1H3,(H,16,19)(H,17,18). The van der Waals surface area contributed by atoms with Crippen molar-refractivity contribution in [2.45, 2.75) is 32.6 Å². The number of hydrogen-bond donors (Lipinski definition) is 2. The molecule has 1 saturated carbocycles. The van der Waals surface area contributed by atoms with Crippen molar-refractivity contribution in [3.05, 3.63) is 29.6 Å². The number of benzene rings is 1. The Balaban J connectivity index is 2.28. The number of carboxylic acid groups (broad SMARTS) is 1. The van der Waals surface area contributed by atoms with Crippen LogP contribution >= 0.6 is 0 Å². The molecule has 1 amide bonds. The van der Waals surface area contributed by atoms with E-state index in [0.29, 0.717) is 0 Å². The number of carbonyl (C=O) groups excluding carboxylic acids is 1. The van der Waals surface area contributed by atoms with Gasteiger partial charge in [-0.15, -0.1) is 0 Å². The minimum absolute atomic E-state index is 0.227. The van der Waals surface area contributed by atoms with Crippen LogP contribution in [0, 0.1) is 11.2 Å². The number of aromatic carboxylic acids is 1. The van der Waals surface area contributed by atoms with E-state index in [1.165, 1.54) is 12.1 Å². The molecule has 4 nitrogen and oxygen atoms in total. The molecule has 1 fully saturated rings. The number of amides is 1. The number of anilines is 1. The Labute approximate surface area is 110 Å². The molecule has 1 aliphatic rings. The lowest BCUT2D eigenvalue weighted by molar-refractivity contribution is -0.124. The predicted octanol–water partition coefficient (Wildman–Crippen LogP) is 3.04. The Morgan fingerprint density at radius 1 is 1.32 bits per heavy atom.